The molecule has 7 fully saturated rings. The first-order chi connectivity index (χ1) is 15.2. The second-order valence-corrected chi connectivity index (χ2v) is 12.0. The number of rotatable bonds is 6. The third-order valence-corrected chi connectivity index (χ3v) is 9.61. The highest BCUT2D eigenvalue weighted by Crippen LogP contribution is 2.62. The van der Waals surface area contributed by atoms with Crippen molar-refractivity contribution in [3.8, 4) is 0 Å². The molecule has 6 bridgehead atoms. The molecule has 32 heavy (non-hydrogen) atoms. The van der Waals surface area contributed by atoms with Gasteiger partial charge in [-0.15, -0.1) is 0 Å². The largest absolute Gasteiger partial charge is 0.462 e. The van der Waals surface area contributed by atoms with E-state index in [4.69, 9.17) is 14.2 Å². The number of ether oxygens (including phenoxy) is 3. The highest BCUT2D eigenvalue weighted by Gasteiger charge is 2.70. The Bertz CT molecular complexity index is 840. The molecule has 0 aromatic carbocycles. The lowest BCUT2D eigenvalue weighted by Gasteiger charge is -2.57. The smallest absolute Gasteiger partial charge is 0.333 e. The first-order valence-corrected chi connectivity index (χ1v) is 12.5. The topological polar surface area (TPSA) is 78.9 Å². The minimum Gasteiger partial charge on any atom is -0.462 e. The Hall–Kier alpha value is -1.85. The highest BCUT2D eigenvalue weighted by molar-refractivity contribution is 5.88. The van der Waals surface area contributed by atoms with E-state index in [1.54, 1.807) is 6.92 Å². The lowest BCUT2D eigenvalue weighted by molar-refractivity contribution is -0.168. The van der Waals surface area contributed by atoms with Crippen LogP contribution >= 0.6 is 0 Å². The van der Waals surface area contributed by atoms with Crippen LogP contribution in [0.2, 0.25) is 0 Å². The van der Waals surface area contributed by atoms with E-state index in [0.717, 1.165) is 24.2 Å². The Morgan fingerprint density at radius 3 is 2.31 bits per heavy atom. The van der Waals surface area contributed by atoms with Crippen LogP contribution in [0.25, 0.3) is 0 Å². The average Bonchev–Trinajstić information content (AvgIpc) is 3.29. The van der Waals surface area contributed by atoms with Gasteiger partial charge >= 0.3 is 17.9 Å². The molecule has 0 spiro atoms. The molecule has 6 aliphatic carbocycles. The van der Waals surface area contributed by atoms with Crippen molar-refractivity contribution in [1.82, 2.24) is 0 Å². The van der Waals surface area contributed by atoms with E-state index in [2.05, 4.69) is 6.58 Å². The summed E-state index contributed by atoms with van der Waals surface area (Å²) >= 11 is 0. The first kappa shape index (κ1) is 20.7. The van der Waals surface area contributed by atoms with Gasteiger partial charge in [0.15, 0.2) is 0 Å². The molecule has 0 N–H and O–H groups in total. The summed E-state index contributed by atoms with van der Waals surface area (Å²) in [6.45, 7) is 7.25. The minimum atomic E-state index is -0.581. The third-order valence-electron chi connectivity index (χ3n) is 9.61. The molecule has 6 heteroatoms. The number of fused-ring (bicyclic) bond motifs is 1. The van der Waals surface area contributed by atoms with Crippen molar-refractivity contribution in [2.45, 2.75) is 83.5 Å². The number of hydrogen-bond donors (Lipinski definition) is 0. The molecule has 0 aromatic rings. The molecule has 0 radical (unpaired) electrons. The van der Waals surface area contributed by atoms with E-state index >= 15 is 0 Å². The molecule has 0 aromatic heterocycles. The summed E-state index contributed by atoms with van der Waals surface area (Å²) in [5.74, 6) is 0.133. The van der Waals surface area contributed by atoms with Gasteiger partial charge in [-0.2, -0.15) is 0 Å². The van der Waals surface area contributed by atoms with E-state index in [1.165, 1.54) is 38.5 Å². The first-order valence-electron chi connectivity index (χ1n) is 12.5. The van der Waals surface area contributed by atoms with Crippen LogP contribution in [0.1, 0.15) is 65.2 Å². The standard InChI is InChI=1S/C26H34O6/c1-12(2)23(27)31-21-17-7-18-20(25(29)32-22(18)21)19(17)24(28)30-13(3)8-26-9-14-4-15(10-26)6-16(5-14)11-26/h13-22H,1,4-11H2,2-3H3. The maximum Gasteiger partial charge on any atom is 0.333 e. The van der Waals surface area contributed by atoms with Crippen molar-refractivity contribution < 1.29 is 28.6 Å². The molecular formula is C26H34O6. The van der Waals surface area contributed by atoms with Gasteiger partial charge in [0.05, 0.1) is 17.9 Å². The van der Waals surface area contributed by atoms with Gasteiger partial charge in [0.25, 0.3) is 0 Å². The fourth-order valence-corrected chi connectivity index (χ4v) is 9.16. The fraction of sp³-hybridized carbons (Fsp3) is 0.808. The molecule has 6 nitrogen and oxygen atoms in total. The van der Waals surface area contributed by atoms with Crippen molar-refractivity contribution in [2.75, 3.05) is 0 Å². The van der Waals surface area contributed by atoms with Crippen molar-refractivity contribution in [3.63, 3.8) is 0 Å². The Balaban J connectivity index is 1.15. The Morgan fingerprint density at radius 2 is 1.72 bits per heavy atom. The van der Waals surface area contributed by atoms with Gasteiger partial charge in [0.2, 0.25) is 0 Å². The summed E-state index contributed by atoms with van der Waals surface area (Å²) < 4.78 is 17.2. The predicted molar refractivity (Wildman–Crippen MR) is 114 cm³/mol. The number of esters is 3. The molecule has 1 saturated heterocycles. The van der Waals surface area contributed by atoms with Crippen molar-refractivity contribution in [1.29, 1.82) is 0 Å². The molecule has 7 unspecified atom stereocenters. The maximum atomic E-state index is 13.3. The Labute approximate surface area is 189 Å². The number of carbonyl (C=O) groups is 3. The van der Waals surface area contributed by atoms with Crippen LogP contribution in [0.5, 0.6) is 0 Å². The molecule has 174 valence electrons. The lowest BCUT2D eigenvalue weighted by Crippen LogP contribution is -2.48. The molecule has 6 saturated carbocycles. The maximum absolute atomic E-state index is 13.3. The summed E-state index contributed by atoms with van der Waals surface area (Å²) in [4.78, 5) is 38.1. The van der Waals surface area contributed by atoms with E-state index in [9.17, 15) is 14.4 Å². The normalized spacial score (nSPS) is 47.9. The van der Waals surface area contributed by atoms with Gasteiger partial charge in [-0.05, 0) is 88.4 Å². The van der Waals surface area contributed by atoms with Crippen molar-refractivity contribution >= 4 is 17.9 Å². The van der Waals surface area contributed by atoms with Gasteiger partial charge in [-0.25, -0.2) is 4.79 Å². The van der Waals surface area contributed by atoms with Crippen LogP contribution in [0.3, 0.4) is 0 Å². The van der Waals surface area contributed by atoms with Crippen LogP contribution < -0.4 is 0 Å². The second kappa shape index (κ2) is 7.07. The number of hydrogen-bond acceptors (Lipinski definition) is 6. The zero-order chi connectivity index (χ0) is 22.4. The minimum absolute atomic E-state index is 0.0635. The molecule has 0 amide bonds. The molecule has 7 rings (SSSR count). The summed E-state index contributed by atoms with van der Waals surface area (Å²) in [6, 6.07) is 0. The van der Waals surface area contributed by atoms with Crippen LogP contribution in [-0.2, 0) is 28.6 Å². The van der Waals surface area contributed by atoms with Crippen LogP contribution in [0, 0.1) is 46.8 Å². The molecule has 1 aliphatic heterocycles. The summed E-state index contributed by atoms with van der Waals surface area (Å²) in [7, 11) is 0. The van der Waals surface area contributed by atoms with E-state index < -0.39 is 30.0 Å². The third kappa shape index (κ3) is 3.07. The lowest BCUT2D eigenvalue weighted by atomic mass is 9.48. The van der Waals surface area contributed by atoms with Gasteiger partial charge in [0.1, 0.15) is 12.2 Å². The fourth-order valence-electron chi connectivity index (χ4n) is 9.16. The molecule has 7 atom stereocenters. The Kier molecular flexibility index (Phi) is 4.58. The average molecular weight is 443 g/mol. The molecule has 1 heterocycles. The van der Waals surface area contributed by atoms with E-state index in [0.29, 0.717) is 17.4 Å². The predicted octanol–water partition coefficient (Wildman–Crippen LogP) is 3.82. The quantitative estimate of drug-likeness (QED) is 0.354. The van der Waals surface area contributed by atoms with E-state index in [1.807, 2.05) is 6.92 Å². The summed E-state index contributed by atoms with van der Waals surface area (Å²) in [6.07, 6.45) is 8.45. The number of carbonyl (C=O) groups excluding carboxylic acids is 3. The van der Waals surface area contributed by atoms with Crippen LogP contribution in [0.4, 0.5) is 0 Å². The van der Waals surface area contributed by atoms with Crippen molar-refractivity contribution in [3.05, 3.63) is 12.2 Å². The highest BCUT2D eigenvalue weighted by atomic mass is 16.6. The van der Waals surface area contributed by atoms with E-state index in [-0.39, 0.29) is 29.9 Å². The van der Waals surface area contributed by atoms with Gasteiger partial charge in [-0.3, -0.25) is 9.59 Å². The Morgan fingerprint density at radius 1 is 1.09 bits per heavy atom. The van der Waals surface area contributed by atoms with Crippen LogP contribution in [-0.4, -0.2) is 36.2 Å². The van der Waals surface area contributed by atoms with Gasteiger partial charge in [0, 0.05) is 17.4 Å². The van der Waals surface area contributed by atoms with Gasteiger partial charge in [-0.1, -0.05) is 6.58 Å². The van der Waals surface area contributed by atoms with Crippen molar-refractivity contribution in [2.24, 2.45) is 46.8 Å². The monoisotopic (exact) mass is 442 g/mol. The molecule has 7 aliphatic rings. The zero-order valence-electron chi connectivity index (χ0n) is 19.1. The zero-order valence-corrected chi connectivity index (χ0v) is 19.1. The summed E-state index contributed by atoms with van der Waals surface area (Å²) in [5.41, 5.74) is 0.636. The van der Waals surface area contributed by atoms with Gasteiger partial charge < -0.3 is 14.2 Å². The van der Waals surface area contributed by atoms with Crippen LogP contribution in [0.15, 0.2) is 12.2 Å². The summed E-state index contributed by atoms with van der Waals surface area (Å²) in [5, 5.41) is 0. The SMILES string of the molecule is C=C(C)C(=O)OC1C2CC3C1OC(=O)C3C2C(=O)OC(C)CC12CC3CC(CC(C3)C1)C2. The molecular weight excluding hydrogens is 408 g/mol. The second-order valence-electron chi connectivity index (χ2n) is 12.0.